The van der Waals surface area contributed by atoms with Crippen LogP contribution in [0.5, 0.6) is 0 Å². The Balaban J connectivity index is 1.94. The van der Waals surface area contributed by atoms with Gasteiger partial charge in [0, 0.05) is 30.1 Å². The number of hydrogen-bond donors (Lipinski definition) is 0. The normalized spacial score (nSPS) is 20.2. The minimum atomic E-state index is 0.166. The molecule has 0 saturated carbocycles. The number of piperidine rings is 1. The summed E-state index contributed by atoms with van der Waals surface area (Å²) < 4.78 is 5.50. The molecule has 1 aromatic heterocycles. The highest BCUT2D eigenvalue weighted by atomic mass is 32.1. The summed E-state index contributed by atoms with van der Waals surface area (Å²) in [5, 5.41) is 2.03. The second-order valence-corrected chi connectivity index (χ2v) is 6.24. The van der Waals surface area contributed by atoms with Crippen LogP contribution in [0.25, 0.3) is 6.08 Å². The Labute approximate surface area is 125 Å². The second kappa shape index (κ2) is 7.60. The first-order valence-corrected chi connectivity index (χ1v) is 8.17. The summed E-state index contributed by atoms with van der Waals surface area (Å²) in [6.45, 7) is 7.15. The van der Waals surface area contributed by atoms with Crippen molar-refractivity contribution in [3.05, 3.63) is 28.0 Å². The number of ether oxygens (including phenoxy) is 1. The van der Waals surface area contributed by atoms with E-state index in [1.54, 1.807) is 11.3 Å². The van der Waals surface area contributed by atoms with E-state index < -0.39 is 0 Å². The predicted molar refractivity (Wildman–Crippen MR) is 83.8 cm³/mol. The molecule has 0 N–H and O–H groups in total. The zero-order valence-electron chi connectivity index (χ0n) is 12.3. The van der Waals surface area contributed by atoms with Crippen LogP contribution in [0.4, 0.5) is 0 Å². The van der Waals surface area contributed by atoms with Gasteiger partial charge in [0.25, 0.3) is 0 Å². The number of thiophene rings is 1. The SMILES string of the molecule is CCOCC1CCCN(C(=O)/C(C)=C/c2cccs2)C1. The molecule has 2 heterocycles. The van der Waals surface area contributed by atoms with Crippen LogP contribution < -0.4 is 0 Å². The van der Waals surface area contributed by atoms with Gasteiger partial charge >= 0.3 is 0 Å². The van der Waals surface area contributed by atoms with E-state index in [0.717, 1.165) is 49.6 Å². The molecule has 0 aromatic carbocycles. The van der Waals surface area contributed by atoms with Crippen molar-refractivity contribution in [2.75, 3.05) is 26.3 Å². The second-order valence-electron chi connectivity index (χ2n) is 5.26. The average molecular weight is 293 g/mol. The standard InChI is InChI=1S/C16H23NO2S/c1-3-19-12-14-6-4-8-17(11-14)16(18)13(2)10-15-7-5-9-20-15/h5,7,9-10,14H,3-4,6,8,11-12H2,1-2H3/b13-10+. The molecule has 1 amide bonds. The number of rotatable bonds is 5. The fourth-order valence-corrected chi connectivity index (χ4v) is 3.28. The van der Waals surface area contributed by atoms with E-state index in [9.17, 15) is 4.79 Å². The van der Waals surface area contributed by atoms with Gasteiger partial charge < -0.3 is 9.64 Å². The Hall–Kier alpha value is -1.13. The highest BCUT2D eigenvalue weighted by Gasteiger charge is 2.24. The van der Waals surface area contributed by atoms with E-state index in [-0.39, 0.29) is 5.91 Å². The Morgan fingerprint density at radius 3 is 3.15 bits per heavy atom. The maximum atomic E-state index is 12.5. The smallest absolute Gasteiger partial charge is 0.249 e. The number of likely N-dealkylation sites (tertiary alicyclic amines) is 1. The van der Waals surface area contributed by atoms with Crippen LogP contribution in [0.3, 0.4) is 0 Å². The van der Waals surface area contributed by atoms with Gasteiger partial charge in [-0.2, -0.15) is 0 Å². The van der Waals surface area contributed by atoms with Crippen LogP contribution in [-0.4, -0.2) is 37.1 Å². The fraction of sp³-hybridized carbons (Fsp3) is 0.562. The van der Waals surface area contributed by atoms with Crippen molar-refractivity contribution in [1.82, 2.24) is 4.90 Å². The number of hydrogen-bond acceptors (Lipinski definition) is 3. The molecule has 4 heteroatoms. The van der Waals surface area contributed by atoms with Crippen molar-refractivity contribution in [3.63, 3.8) is 0 Å². The zero-order chi connectivity index (χ0) is 14.4. The van der Waals surface area contributed by atoms with Gasteiger partial charge in [-0.05, 0) is 50.1 Å². The summed E-state index contributed by atoms with van der Waals surface area (Å²) in [6, 6.07) is 4.04. The monoisotopic (exact) mass is 293 g/mol. The van der Waals surface area contributed by atoms with E-state index in [1.165, 1.54) is 0 Å². The van der Waals surface area contributed by atoms with Crippen molar-refractivity contribution in [2.24, 2.45) is 5.92 Å². The van der Waals surface area contributed by atoms with Crippen molar-refractivity contribution >= 4 is 23.3 Å². The molecule has 1 atom stereocenters. The molecule has 20 heavy (non-hydrogen) atoms. The van der Waals surface area contributed by atoms with Gasteiger partial charge in [0.2, 0.25) is 5.91 Å². The molecular weight excluding hydrogens is 270 g/mol. The van der Waals surface area contributed by atoms with E-state index in [0.29, 0.717) is 5.92 Å². The Morgan fingerprint density at radius 2 is 2.45 bits per heavy atom. The molecule has 3 nitrogen and oxygen atoms in total. The summed E-state index contributed by atoms with van der Waals surface area (Å²) in [4.78, 5) is 15.6. The molecule has 0 bridgehead atoms. The number of carbonyl (C=O) groups is 1. The van der Waals surface area contributed by atoms with Crippen LogP contribution in [0.1, 0.15) is 31.6 Å². The Kier molecular flexibility index (Phi) is 5.80. The van der Waals surface area contributed by atoms with Gasteiger partial charge in [0.1, 0.15) is 0 Å². The lowest BCUT2D eigenvalue weighted by Gasteiger charge is -2.32. The third-order valence-corrected chi connectivity index (χ3v) is 4.42. The van der Waals surface area contributed by atoms with E-state index >= 15 is 0 Å². The number of amides is 1. The number of nitrogens with zero attached hydrogens (tertiary/aromatic N) is 1. The fourth-order valence-electron chi connectivity index (χ4n) is 2.57. The maximum Gasteiger partial charge on any atom is 0.249 e. The molecule has 1 aliphatic heterocycles. The number of carbonyl (C=O) groups excluding carboxylic acids is 1. The zero-order valence-corrected chi connectivity index (χ0v) is 13.1. The maximum absolute atomic E-state index is 12.5. The van der Waals surface area contributed by atoms with Gasteiger partial charge in [-0.25, -0.2) is 0 Å². The summed E-state index contributed by atoms with van der Waals surface area (Å²) in [7, 11) is 0. The Bertz CT molecular complexity index is 453. The molecule has 1 fully saturated rings. The van der Waals surface area contributed by atoms with E-state index in [1.807, 2.05) is 42.3 Å². The molecule has 1 unspecified atom stereocenters. The Morgan fingerprint density at radius 1 is 1.60 bits per heavy atom. The van der Waals surface area contributed by atoms with Gasteiger partial charge in [-0.1, -0.05) is 6.07 Å². The van der Waals surface area contributed by atoms with E-state index in [4.69, 9.17) is 4.74 Å². The lowest BCUT2D eigenvalue weighted by molar-refractivity contribution is -0.129. The summed E-state index contributed by atoms with van der Waals surface area (Å²) in [5.74, 6) is 0.654. The minimum Gasteiger partial charge on any atom is -0.381 e. The third kappa shape index (κ3) is 4.18. The molecule has 0 radical (unpaired) electrons. The molecular formula is C16H23NO2S. The molecule has 2 rings (SSSR count). The van der Waals surface area contributed by atoms with Crippen molar-refractivity contribution in [2.45, 2.75) is 26.7 Å². The minimum absolute atomic E-state index is 0.166. The van der Waals surface area contributed by atoms with Crippen LogP contribution in [0.15, 0.2) is 23.1 Å². The van der Waals surface area contributed by atoms with Crippen LogP contribution in [0.2, 0.25) is 0 Å². The lowest BCUT2D eigenvalue weighted by atomic mass is 9.98. The highest BCUT2D eigenvalue weighted by Crippen LogP contribution is 2.20. The lowest BCUT2D eigenvalue weighted by Crippen LogP contribution is -2.41. The van der Waals surface area contributed by atoms with Gasteiger partial charge in [-0.3, -0.25) is 4.79 Å². The van der Waals surface area contributed by atoms with Crippen molar-refractivity contribution in [3.8, 4) is 0 Å². The first-order chi connectivity index (χ1) is 9.70. The molecule has 1 aromatic rings. The first-order valence-electron chi connectivity index (χ1n) is 7.29. The first kappa shape index (κ1) is 15.3. The molecule has 0 aliphatic carbocycles. The molecule has 1 aliphatic rings. The third-order valence-electron chi connectivity index (χ3n) is 3.60. The summed E-state index contributed by atoms with van der Waals surface area (Å²) >= 11 is 1.66. The van der Waals surface area contributed by atoms with Crippen molar-refractivity contribution < 1.29 is 9.53 Å². The van der Waals surface area contributed by atoms with Crippen molar-refractivity contribution in [1.29, 1.82) is 0 Å². The summed E-state index contributed by atoms with van der Waals surface area (Å²) in [5.41, 5.74) is 0.824. The van der Waals surface area contributed by atoms with Gasteiger partial charge in [-0.15, -0.1) is 11.3 Å². The van der Waals surface area contributed by atoms with Gasteiger partial charge in [0.05, 0.1) is 6.61 Å². The topological polar surface area (TPSA) is 29.5 Å². The highest BCUT2D eigenvalue weighted by molar-refractivity contribution is 7.10. The van der Waals surface area contributed by atoms with Gasteiger partial charge in [0.15, 0.2) is 0 Å². The van der Waals surface area contributed by atoms with E-state index in [2.05, 4.69) is 0 Å². The average Bonchev–Trinajstić information content (AvgIpc) is 2.97. The largest absolute Gasteiger partial charge is 0.381 e. The molecule has 1 saturated heterocycles. The molecule has 110 valence electrons. The van der Waals surface area contributed by atoms with Crippen LogP contribution in [0, 0.1) is 5.92 Å². The summed E-state index contributed by atoms with van der Waals surface area (Å²) in [6.07, 6.45) is 4.23. The van der Waals surface area contributed by atoms with Crippen LogP contribution >= 0.6 is 11.3 Å². The van der Waals surface area contributed by atoms with Crippen LogP contribution in [-0.2, 0) is 9.53 Å². The quantitative estimate of drug-likeness (QED) is 0.778. The predicted octanol–water partition coefficient (Wildman–Crippen LogP) is 3.43. The molecule has 0 spiro atoms.